The molecule has 3 aliphatic rings. The van der Waals surface area contributed by atoms with Gasteiger partial charge in [0.2, 0.25) is 5.78 Å². The van der Waals surface area contributed by atoms with E-state index >= 15 is 0 Å². The maximum absolute atomic E-state index is 14.0. The SMILES string of the molecule is CCOC(=O)CCNC(=O)c1cccc(-c2ccc(O)c3c2C[C@H]2C[C@H]4[C@H](N(C)C)C(=O)C(C(N)=O)=C(O)[C@@]4(O)C(=O)C2=C3O)c1. The summed E-state index contributed by atoms with van der Waals surface area (Å²) < 4.78 is 4.88. The number of phenols is 1. The molecule has 46 heavy (non-hydrogen) atoms. The van der Waals surface area contributed by atoms with Crippen LogP contribution < -0.4 is 11.1 Å². The first-order chi connectivity index (χ1) is 21.7. The summed E-state index contributed by atoms with van der Waals surface area (Å²) in [6.07, 6.45) is 0.0462. The summed E-state index contributed by atoms with van der Waals surface area (Å²) in [6.45, 7) is 1.99. The second kappa shape index (κ2) is 12.1. The molecule has 0 aliphatic heterocycles. The number of carbonyl (C=O) groups excluding carboxylic acids is 5. The van der Waals surface area contributed by atoms with Crippen LogP contribution in [0.25, 0.3) is 16.9 Å². The van der Waals surface area contributed by atoms with Crippen molar-refractivity contribution in [2.45, 2.75) is 37.8 Å². The van der Waals surface area contributed by atoms with Crippen molar-refractivity contribution < 1.29 is 49.1 Å². The van der Waals surface area contributed by atoms with Crippen LogP contribution in [0, 0.1) is 11.8 Å². The molecule has 2 amide bonds. The number of primary amides is 1. The number of carbonyl (C=O) groups is 5. The van der Waals surface area contributed by atoms with Crippen molar-refractivity contribution in [2.75, 3.05) is 27.2 Å². The van der Waals surface area contributed by atoms with Crippen LogP contribution >= 0.6 is 0 Å². The van der Waals surface area contributed by atoms with E-state index in [2.05, 4.69) is 5.32 Å². The van der Waals surface area contributed by atoms with Gasteiger partial charge in [-0.1, -0.05) is 18.2 Å². The lowest BCUT2D eigenvalue weighted by atomic mass is 9.57. The molecule has 2 aromatic rings. The van der Waals surface area contributed by atoms with Gasteiger partial charge in [0.25, 0.3) is 11.8 Å². The number of fused-ring (bicyclic) bond motifs is 3. The number of rotatable bonds is 8. The average Bonchev–Trinajstić information content (AvgIpc) is 2.99. The summed E-state index contributed by atoms with van der Waals surface area (Å²) in [6, 6.07) is 8.35. The van der Waals surface area contributed by atoms with Crippen molar-refractivity contribution in [3.63, 3.8) is 0 Å². The first kappa shape index (κ1) is 32.4. The second-order valence-electron chi connectivity index (χ2n) is 11.8. The molecule has 0 unspecified atom stereocenters. The molecule has 5 rings (SSSR count). The molecule has 4 atom stereocenters. The van der Waals surface area contributed by atoms with Crippen LogP contribution in [-0.4, -0.2) is 93.6 Å². The van der Waals surface area contributed by atoms with Gasteiger partial charge in [0.15, 0.2) is 11.4 Å². The van der Waals surface area contributed by atoms with Gasteiger partial charge in [-0.3, -0.25) is 28.9 Å². The third-order valence-electron chi connectivity index (χ3n) is 8.96. The topological polar surface area (TPSA) is 217 Å². The minimum absolute atomic E-state index is 0.00655. The number of aromatic hydroxyl groups is 1. The monoisotopic (exact) mass is 633 g/mol. The number of ether oxygens (including phenoxy) is 1. The van der Waals surface area contributed by atoms with E-state index in [0.29, 0.717) is 22.3 Å². The maximum atomic E-state index is 14.0. The van der Waals surface area contributed by atoms with Crippen molar-refractivity contribution in [1.29, 1.82) is 0 Å². The molecule has 3 aliphatic carbocycles. The highest BCUT2D eigenvalue weighted by molar-refractivity contribution is 6.24. The van der Waals surface area contributed by atoms with Crippen molar-refractivity contribution in [3.05, 3.63) is 70.0 Å². The van der Waals surface area contributed by atoms with E-state index in [4.69, 9.17) is 10.5 Å². The Labute approximate surface area is 264 Å². The van der Waals surface area contributed by atoms with Crippen molar-refractivity contribution >= 4 is 35.1 Å². The lowest BCUT2D eigenvalue weighted by molar-refractivity contribution is -0.153. The van der Waals surface area contributed by atoms with Crippen molar-refractivity contribution in [3.8, 4) is 16.9 Å². The predicted molar refractivity (Wildman–Crippen MR) is 163 cm³/mol. The van der Waals surface area contributed by atoms with E-state index in [9.17, 15) is 44.4 Å². The molecule has 0 spiro atoms. The predicted octanol–water partition coefficient (Wildman–Crippen LogP) is 1.31. The first-order valence-electron chi connectivity index (χ1n) is 14.8. The minimum atomic E-state index is -2.73. The number of nitrogens with one attached hydrogen (secondary N) is 1. The zero-order chi connectivity index (χ0) is 33.7. The quantitative estimate of drug-likeness (QED) is 0.180. The zero-order valence-corrected chi connectivity index (χ0v) is 25.5. The number of ketones is 2. The zero-order valence-electron chi connectivity index (χ0n) is 25.5. The summed E-state index contributed by atoms with van der Waals surface area (Å²) in [4.78, 5) is 65.4. The molecule has 0 radical (unpaired) electrons. The molecule has 1 fully saturated rings. The molecular formula is C33H35N3O10. The highest BCUT2D eigenvalue weighted by Gasteiger charge is 2.64. The molecule has 0 heterocycles. The molecule has 13 nitrogen and oxygen atoms in total. The van der Waals surface area contributed by atoms with Gasteiger partial charge in [0.1, 0.15) is 22.8 Å². The van der Waals surface area contributed by atoms with Gasteiger partial charge in [-0.15, -0.1) is 0 Å². The third-order valence-corrected chi connectivity index (χ3v) is 8.96. The number of aliphatic hydroxyl groups is 3. The van der Waals surface area contributed by atoms with Gasteiger partial charge < -0.3 is 36.2 Å². The van der Waals surface area contributed by atoms with E-state index in [1.807, 2.05) is 0 Å². The van der Waals surface area contributed by atoms with Crippen LogP contribution in [0.2, 0.25) is 0 Å². The Morgan fingerprint density at radius 2 is 1.83 bits per heavy atom. The number of benzene rings is 2. The Balaban J connectivity index is 1.56. The summed E-state index contributed by atoms with van der Waals surface area (Å²) in [5, 5.41) is 47.8. The van der Waals surface area contributed by atoms with Gasteiger partial charge in [-0.25, -0.2) is 0 Å². The second-order valence-corrected chi connectivity index (χ2v) is 11.8. The number of likely N-dealkylation sites (N-methyl/N-ethyl adjacent to an activating group) is 1. The fraction of sp³-hybridized carbons (Fsp3) is 0.364. The highest BCUT2D eigenvalue weighted by atomic mass is 16.5. The molecular weight excluding hydrogens is 598 g/mol. The summed E-state index contributed by atoms with van der Waals surface area (Å²) in [5.74, 6) is -8.16. The number of amides is 2. The van der Waals surface area contributed by atoms with Crippen LogP contribution in [-0.2, 0) is 30.3 Å². The van der Waals surface area contributed by atoms with Crippen molar-refractivity contribution in [2.24, 2.45) is 17.6 Å². The molecule has 1 saturated carbocycles. The lowest BCUT2D eigenvalue weighted by Crippen LogP contribution is -2.65. The van der Waals surface area contributed by atoms with E-state index in [-0.39, 0.29) is 49.3 Å². The smallest absolute Gasteiger partial charge is 0.307 e. The van der Waals surface area contributed by atoms with Crippen LogP contribution in [0.3, 0.4) is 0 Å². The van der Waals surface area contributed by atoms with Crippen LogP contribution in [0.15, 0.2) is 53.3 Å². The van der Waals surface area contributed by atoms with Crippen LogP contribution in [0.1, 0.15) is 41.3 Å². The van der Waals surface area contributed by atoms with Crippen LogP contribution in [0.5, 0.6) is 5.75 Å². The minimum Gasteiger partial charge on any atom is -0.508 e. The number of aliphatic hydroxyl groups excluding tert-OH is 2. The van der Waals surface area contributed by atoms with Gasteiger partial charge in [0, 0.05) is 23.6 Å². The van der Waals surface area contributed by atoms with E-state index in [1.54, 1.807) is 37.3 Å². The van der Waals surface area contributed by atoms with Crippen LogP contribution in [0.4, 0.5) is 0 Å². The molecule has 0 bridgehead atoms. The van der Waals surface area contributed by atoms with Gasteiger partial charge in [-0.2, -0.15) is 0 Å². The molecule has 0 saturated heterocycles. The lowest BCUT2D eigenvalue weighted by Gasteiger charge is -2.50. The first-order valence-corrected chi connectivity index (χ1v) is 14.8. The fourth-order valence-electron chi connectivity index (χ4n) is 6.96. The van der Waals surface area contributed by atoms with Gasteiger partial charge in [0.05, 0.1) is 24.6 Å². The maximum Gasteiger partial charge on any atom is 0.307 e. The number of Topliss-reactive ketones (excluding diaryl/α,β-unsaturated/α-hetero) is 2. The molecule has 242 valence electrons. The summed E-state index contributed by atoms with van der Waals surface area (Å²) in [5.41, 5.74) is 3.32. The molecule has 2 aromatic carbocycles. The Kier molecular flexibility index (Phi) is 8.49. The van der Waals surface area contributed by atoms with E-state index in [0.717, 1.165) is 0 Å². The third kappa shape index (κ3) is 5.11. The number of nitrogens with two attached hydrogens (primary N) is 1. The van der Waals surface area contributed by atoms with Crippen molar-refractivity contribution in [1.82, 2.24) is 10.2 Å². The number of phenolic OH excluding ortho intramolecular Hbond substituents is 1. The number of hydrogen-bond donors (Lipinski definition) is 6. The molecule has 0 aromatic heterocycles. The number of esters is 1. The summed E-state index contributed by atoms with van der Waals surface area (Å²) in [7, 11) is 3.06. The molecule has 7 N–H and O–H groups in total. The fourth-order valence-corrected chi connectivity index (χ4v) is 6.96. The Hall–Kier alpha value is -5.01. The Morgan fingerprint density at radius 3 is 2.48 bits per heavy atom. The Bertz CT molecular complexity index is 1740. The normalized spacial score (nSPS) is 23.9. The number of hydrogen-bond acceptors (Lipinski definition) is 11. The van der Waals surface area contributed by atoms with Gasteiger partial charge >= 0.3 is 5.97 Å². The number of nitrogens with zero attached hydrogens (tertiary/aromatic N) is 1. The largest absolute Gasteiger partial charge is 0.508 e. The van der Waals surface area contributed by atoms with E-state index in [1.165, 1.54) is 25.1 Å². The standard InChI is InChI=1S/C33H35N3O10/c1-4-46-22(38)10-11-35-32(44)16-7-5-6-15(12-16)18-8-9-21(37)24-19(18)13-17-14-20-26(36(2)3)28(40)25(31(34)43)30(42)33(20,45)29(41)23(17)27(24)39/h5-9,12,17,20,26,37,39,42,45H,4,10-11,13-14H2,1-3H3,(H2,34,43)(H,35,44)/t17-,20-,26-,33-/m0/s1. The average molecular weight is 634 g/mol. The van der Waals surface area contributed by atoms with Gasteiger partial charge in [-0.05, 0) is 74.7 Å². The highest BCUT2D eigenvalue weighted by Crippen LogP contribution is 2.53. The van der Waals surface area contributed by atoms with E-state index < -0.39 is 69.9 Å². The molecule has 13 heteroatoms. The Morgan fingerprint density at radius 1 is 1.11 bits per heavy atom. The summed E-state index contributed by atoms with van der Waals surface area (Å²) >= 11 is 0.